The lowest BCUT2D eigenvalue weighted by Crippen LogP contribution is -1.93. The van der Waals surface area contributed by atoms with E-state index in [9.17, 15) is 4.39 Å². The van der Waals surface area contributed by atoms with Gasteiger partial charge in [-0.1, -0.05) is 0 Å². The fourth-order valence-electron chi connectivity index (χ4n) is 2.73. The van der Waals surface area contributed by atoms with E-state index in [0.717, 1.165) is 35.3 Å². The van der Waals surface area contributed by atoms with Crippen LogP contribution in [0.5, 0.6) is 0 Å². The second-order valence-corrected chi connectivity index (χ2v) is 5.57. The van der Waals surface area contributed by atoms with E-state index in [1.54, 1.807) is 6.20 Å². The molecule has 0 bridgehead atoms. The summed E-state index contributed by atoms with van der Waals surface area (Å²) in [4.78, 5) is 16.0. The Kier molecular flexibility index (Phi) is 2.19. The maximum Gasteiger partial charge on any atom is 0.191 e. The summed E-state index contributed by atoms with van der Waals surface area (Å²) in [5, 5.41) is 4.88. The summed E-state index contributed by atoms with van der Waals surface area (Å²) in [6.07, 6.45) is 9.05. The minimum Gasteiger partial charge on any atom is -0.345 e. The van der Waals surface area contributed by atoms with Crippen LogP contribution in [-0.2, 0) is 0 Å². The van der Waals surface area contributed by atoms with Crippen molar-refractivity contribution in [3.8, 4) is 11.1 Å². The molecule has 0 atom stereocenters. The number of hydrogen-bond donors (Lipinski definition) is 1. The van der Waals surface area contributed by atoms with Crippen LogP contribution in [0.1, 0.15) is 24.6 Å². The number of nitrogens with one attached hydrogen (secondary N) is 1. The Labute approximate surface area is 124 Å². The van der Waals surface area contributed by atoms with Crippen LogP contribution in [0.2, 0.25) is 0 Å². The van der Waals surface area contributed by atoms with E-state index in [1.165, 1.54) is 16.9 Å². The fourth-order valence-corrected chi connectivity index (χ4v) is 2.73. The van der Waals surface area contributed by atoms with Crippen molar-refractivity contribution in [1.82, 2.24) is 29.5 Å². The number of H-pyrrole nitrogens is 1. The number of aromatic amines is 1. The van der Waals surface area contributed by atoms with Gasteiger partial charge in [-0.25, -0.2) is 23.9 Å². The molecule has 4 aromatic rings. The van der Waals surface area contributed by atoms with Crippen molar-refractivity contribution < 1.29 is 4.39 Å². The lowest BCUT2D eigenvalue weighted by Gasteiger charge is -2.02. The Morgan fingerprint density at radius 3 is 3.05 bits per heavy atom. The van der Waals surface area contributed by atoms with Crippen molar-refractivity contribution in [1.29, 1.82) is 0 Å². The average Bonchev–Trinajstić information content (AvgIpc) is 3.11. The van der Waals surface area contributed by atoms with Crippen LogP contribution in [0.4, 0.5) is 4.39 Å². The molecule has 0 radical (unpaired) electrons. The zero-order valence-corrected chi connectivity index (χ0v) is 11.5. The van der Waals surface area contributed by atoms with Gasteiger partial charge in [-0.2, -0.15) is 5.10 Å². The molecule has 0 aliphatic heterocycles. The van der Waals surface area contributed by atoms with E-state index in [-0.39, 0.29) is 5.65 Å². The first-order valence-electron chi connectivity index (χ1n) is 7.13. The van der Waals surface area contributed by atoms with E-state index in [0.29, 0.717) is 11.5 Å². The summed E-state index contributed by atoms with van der Waals surface area (Å²) in [5.41, 5.74) is 2.57. The molecule has 4 aromatic heterocycles. The molecule has 0 spiro atoms. The maximum absolute atomic E-state index is 14.1. The number of nitrogens with zero attached hydrogens (tertiary/aromatic N) is 5. The summed E-state index contributed by atoms with van der Waals surface area (Å²) < 4.78 is 15.5. The number of halogens is 1. The molecule has 0 amide bonds. The zero-order valence-electron chi connectivity index (χ0n) is 11.5. The molecule has 1 aliphatic rings. The van der Waals surface area contributed by atoms with Gasteiger partial charge < -0.3 is 4.98 Å². The Morgan fingerprint density at radius 2 is 2.18 bits per heavy atom. The third kappa shape index (κ3) is 1.65. The summed E-state index contributed by atoms with van der Waals surface area (Å²) in [7, 11) is 0. The van der Waals surface area contributed by atoms with E-state index in [1.807, 2.05) is 12.4 Å². The topological polar surface area (TPSA) is 71.8 Å². The fraction of sp³-hybridized carbons (Fsp3) is 0.200. The number of aromatic nitrogens is 6. The second-order valence-electron chi connectivity index (χ2n) is 5.57. The van der Waals surface area contributed by atoms with Gasteiger partial charge in [0.05, 0.1) is 0 Å². The first-order chi connectivity index (χ1) is 10.8. The van der Waals surface area contributed by atoms with E-state index in [4.69, 9.17) is 0 Å². The van der Waals surface area contributed by atoms with Crippen molar-refractivity contribution in [2.75, 3.05) is 0 Å². The number of hydrogen-bond acceptors (Lipinski definition) is 4. The molecule has 4 heterocycles. The number of pyridine rings is 1. The normalized spacial score (nSPS) is 15.0. The second kappa shape index (κ2) is 4.09. The summed E-state index contributed by atoms with van der Waals surface area (Å²) in [6, 6.07) is 1.46. The molecule has 1 N–H and O–H groups in total. The predicted molar refractivity (Wildman–Crippen MR) is 77.8 cm³/mol. The van der Waals surface area contributed by atoms with Crippen molar-refractivity contribution in [3.63, 3.8) is 0 Å². The molecule has 7 heteroatoms. The highest BCUT2D eigenvalue weighted by atomic mass is 19.1. The van der Waals surface area contributed by atoms with Crippen LogP contribution in [-0.4, -0.2) is 29.5 Å². The zero-order chi connectivity index (χ0) is 14.7. The molecule has 5 rings (SSSR count). The van der Waals surface area contributed by atoms with Gasteiger partial charge >= 0.3 is 0 Å². The van der Waals surface area contributed by atoms with Crippen LogP contribution in [0.25, 0.3) is 27.8 Å². The Hall–Kier alpha value is -2.83. The Bertz CT molecular complexity index is 1010. The largest absolute Gasteiger partial charge is 0.345 e. The minimum atomic E-state index is -0.403. The molecular formula is C15H11FN6. The van der Waals surface area contributed by atoms with E-state index in [2.05, 4.69) is 25.0 Å². The van der Waals surface area contributed by atoms with E-state index < -0.39 is 5.82 Å². The first-order valence-corrected chi connectivity index (χ1v) is 7.13. The van der Waals surface area contributed by atoms with Gasteiger partial charge in [-0.05, 0) is 18.9 Å². The number of rotatable bonds is 2. The van der Waals surface area contributed by atoms with Crippen molar-refractivity contribution in [2.24, 2.45) is 0 Å². The quantitative estimate of drug-likeness (QED) is 0.617. The molecular weight excluding hydrogens is 283 g/mol. The lowest BCUT2D eigenvalue weighted by atomic mass is 10.1. The molecule has 6 nitrogen and oxygen atoms in total. The Balaban J connectivity index is 1.71. The summed E-state index contributed by atoms with van der Waals surface area (Å²) in [5.74, 6) is 0.985. The van der Waals surface area contributed by atoms with Gasteiger partial charge in [0.1, 0.15) is 17.8 Å². The number of fused-ring (bicyclic) bond motifs is 2. The minimum absolute atomic E-state index is 0.218. The average molecular weight is 294 g/mol. The molecule has 22 heavy (non-hydrogen) atoms. The maximum atomic E-state index is 14.1. The van der Waals surface area contributed by atoms with Crippen molar-refractivity contribution >= 4 is 16.7 Å². The van der Waals surface area contributed by atoms with Crippen LogP contribution in [0.15, 0.2) is 31.0 Å². The monoisotopic (exact) mass is 294 g/mol. The van der Waals surface area contributed by atoms with Crippen LogP contribution < -0.4 is 0 Å². The molecule has 1 saturated carbocycles. The third-order valence-electron chi connectivity index (χ3n) is 4.03. The standard InChI is InChI=1S/C15H11FN6/c16-12-3-9(6-22-15(12)19-7-20-22)10-4-18-14-11(10)5-17-13(21-14)8-1-2-8/h3-8H,1-2H2,(H,17,18,21). The third-order valence-corrected chi connectivity index (χ3v) is 4.03. The molecule has 108 valence electrons. The van der Waals surface area contributed by atoms with Gasteiger partial charge in [-0.3, -0.25) is 0 Å². The van der Waals surface area contributed by atoms with Gasteiger partial charge in [0.2, 0.25) is 0 Å². The van der Waals surface area contributed by atoms with Crippen molar-refractivity contribution in [2.45, 2.75) is 18.8 Å². The molecule has 1 fully saturated rings. The van der Waals surface area contributed by atoms with E-state index >= 15 is 0 Å². The van der Waals surface area contributed by atoms with Gasteiger partial charge in [-0.15, -0.1) is 0 Å². The molecule has 0 unspecified atom stereocenters. The molecule has 0 saturated heterocycles. The molecule has 1 aliphatic carbocycles. The van der Waals surface area contributed by atoms with Crippen LogP contribution in [0.3, 0.4) is 0 Å². The van der Waals surface area contributed by atoms with Crippen LogP contribution in [0, 0.1) is 5.82 Å². The highest BCUT2D eigenvalue weighted by molar-refractivity contribution is 5.93. The van der Waals surface area contributed by atoms with Gasteiger partial charge in [0.25, 0.3) is 0 Å². The summed E-state index contributed by atoms with van der Waals surface area (Å²) >= 11 is 0. The summed E-state index contributed by atoms with van der Waals surface area (Å²) in [6.45, 7) is 0. The first kappa shape index (κ1) is 11.8. The van der Waals surface area contributed by atoms with Gasteiger partial charge in [0, 0.05) is 41.0 Å². The predicted octanol–water partition coefficient (Wildman–Crippen LogP) is 2.68. The van der Waals surface area contributed by atoms with Crippen molar-refractivity contribution in [3.05, 3.63) is 42.6 Å². The highest BCUT2D eigenvalue weighted by Crippen LogP contribution is 2.38. The molecule has 0 aromatic carbocycles. The van der Waals surface area contributed by atoms with Crippen LogP contribution >= 0.6 is 0 Å². The smallest absolute Gasteiger partial charge is 0.191 e. The SMILES string of the molecule is Fc1cc(-c2c[nH]c3nc(C4CC4)ncc23)cn2ncnc12. The van der Waals surface area contributed by atoms with Gasteiger partial charge in [0.15, 0.2) is 11.5 Å². The Morgan fingerprint density at radius 1 is 1.27 bits per heavy atom. The lowest BCUT2D eigenvalue weighted by molar-refractivity contribution is 0.628. The highest BCUT2D eigenvalue weighted by Gasteiger charge is 2.27.